The summed E-state index contributed by atoms with van der Waals surface area (Å²) in [6.45, 7) is 2.56. The second-order valence-electron chi connectivity index (χ2n) is 6.09. The molecule has 23 heavy (non-hydrogen) atoms. The van der Waals surface area contributed by atoms with Crippen molar-refractivity contribution in [3.63, 3.8) is 0 Å². The Morgan fingerprint density at radius 2 is 2.35 bits per heavy atom. The van der Waals surface area contributed by atoms with Crippen LogP contribution in [-0.4, -0.2) is 23.0 Å². The van der Waals surface area contributed by atoms with Gasteiger partial charge in [0.2, 0.25) is 0 Å². The zero-order valence-corrected chi connectivity index (χ0v) is 14.1. The highest BCUT2D eigenvalue weighted by atomic mass is 32.1. The third kappa shape index (κ3) is 3.37. The van der Waals surface area contributed by atoms with Crippen LogP contribution >= 0.6 is 11.3 Å². The number of thiazole rings is 1. The lowest BCUT2D eigenvalue weighted by Crippen LogP contribution is -2.42. The summed E-state index contributed by atoms with van der Waals surface area (Å²) in [5.74, 6) is 0.102. The molecule has 1 aromatic carbocycles. The molecule has 2 amide bonds. The molecule has 0 bridgehead atoms. The zero-order valence-electron chi connectivity index (χ0n) is 13.3. The topological polar surface area (TPSA) is 45.2 Å². The summed E-state index contributed by atoms with van der Waals surface area (Å²) in [6.07, 6.45) is 1.60. The van der Waals surface area contributed by atoms with E-state index in [-0.39, 0.29) is 23.8 Å². The maximum absolute atomic E-state index is 14.0. The Kier molecular flexibility index (Phi) is 4.61. The Hall–Kier alpha value is -1.95. The Balaban J connectivity index is 1.74. The molecule has 1 N–H and O–H groups in total. The number of rotatable bonds is 3. The van der Waals surface area contributed by atoms with Crippen LogP contribution < -0.4 is 5.32 Å². The standard InChI is InChI=1S/C17H20FN3OS/c1-11-6-7-13-14(4-3-5-15(13)18)16(11)20-17(22)21(2)8-12-9-23-10-19-12/h3-5,9-11,16H,6-8H2,1-2H3,(H,20,22)/t11-,16+/m1/s1. The minimum Gasteiger partial charge on any atom is -0.331 e. The predicted octanol–water partition coefficient (Wildman–Crippen LogP) is 3.75. The van der Waals surface area contributed by atoms with Crippen LogP contribution in [0.25, 0.3) is 0 Å². The van der Waals surface area contributed by atoms with Gasteiger partial charge in [0.25, 0.3) is 0 Å². The molecule has 0 unspecified atom stereocenters. The normalized spacial score (nSPS) is 20.0. The smallest absolute Gasteiger partial charge is 0.317 e. The van der Waals surface area contributed by atoms with E-state index in [2.05, 4.69) is 17.2 Å². The van der Waals surface area contributed by atoms with Gasteiger partial charge in [0, 0.05) is 12.4 Å². The van der Waals surface area contributed by atoms with Gasteiger partial charge in [-0.15, -0.1) is 11.3 Å². The minimum atomic E-state index is -0.176. The van der Waals surface area contributed by atoms with Gasteiger partial charge >= 0.3 is 6.03 Å². The molecule has 2 aromatic rings. The Bertz CT molecular complexity index is 689. The first-order chi connectivity index (χ1) is 11.1. The summed E-state index contributed by atoms with van der Waals surface area (Å²) >= 11 is 1.51. The molecule has 0 spiro atoms. The number of benzene rings is 1. The van der Waals surface area contributed by atoms with Crippen LogP contribution in [0.1, 0.15) is 36.2 Å². The maximum atomic E-state index is 14.0. The van der Waals surface area contributed by atoms with E-state index in [1.54, 1.807) is 23.5 Å². The van der Waals surface area contributed by atoms with Gasteiger partial charge in [-0.25, -0.2) is 14.2 Å². The van der Waals surface area contributed by atoms with Crippen molar-refractivity contribution in [2.45, 2.75) is 32.4 Å². The van der Waals surface area contributed by atoms with Gasteiger partial charge in [0.05, 0.1) is 23.8 Å². The lowest BCUT2D eigenvalue weighted by atomic mass is 9.80. The van der Waals surface area contributed by atoms with Gasteiger partial charge in [-0.3, -0.25) is 0 Å². The lowest BCUT2D eigenvalue weighted by Gasteiger charge is -2.33. The molecule has 0 saturated carbocycles. The number of nitrogens with zero attached hydrogens (tertiary/aromatic N) is 2. The van der Waals surface area contributed by atoms with Gasteiger partial charge in [0.15, 0.2) is 0 Å². The molecule has 122 valence electrons. The van der Waals surface area contributed by atoms with E-state index in [4.69, 9.17) is 0 Å². The van der Waals surface area contributed by atoms with Gasteiger partial charge < -0.3 is 10.2 Å². The highest BCUT2D eigenvalue weighted by molar-refractivity contribution is 7.07. The van der Waals surface area contributed by atoms with Gasteiger partial charge in [-0.1, -0.05) is 19.1 Å². The number of carbonyl (C=O) groups is 1. The second kappa shape index (κ2) is 6.66. The van der Waals surface area contributed by atoms with Crippen LogP contribution in [0, 0.1) is 11.7 Å². The van der Waals surface area contributed by atoms with Crippen molar-refractivity contribution in [2.75, 3.05) is 7.05 Å². The molecule has 0 fully saturated rings. The van der Waals surface area contributed by atoms with E-state index in [0.717, 1.165) is 29.7 Å². The van der Waals surface area contributed by atoms with Crippen molar-refractivity contribution in [3.8, 4) is 0 Å². The molecule has 1 aliphatic carbocycles. The van der Waals surface area contributed by atoms with Crippen molar-refractivity contribution in [3.05, 3.63) is 51.7 Å². The molecule has 1 aliphatic rings. The number of halogens is 1. The monoisotopic (exact) mass is 333 g/mol. The van der Waals surface area contributed by atoms with E-state index >= 15 is 0 Å². The van der Waals surface area contributed by atoms with Crippen LogP contribution in [0.15, 0.2) is 29.1 Å². The first-order valence-corrected chi connectivity index (χ1v) is 8.66. The van der Waals surface area contributed by atoms with E-state index in [1.165, 1.54) is 17.4 Å². The molecule has 2 atom stereocenters. The number of hydrogen-bond acceptors (Lipinski definition) is 3. The number of nitrogens with one attached hydrogen (secondary N) is 1. The Morgan fingerprint density at radius 3 is 3.09 bits per heavy atom. The molecule has 4 nitrogen and oxygen atoms in total. The number of fused-ring (bicyclic) bond motifs is 1. The van der Waals surface area contributed by atoms with Crippen molar-refractivity contribution >= 4 is 17.4 Å². The minimum absolute atomic E-state index is 0.153. The summed E-state index contributed by atoms with van der Waals surface area (Å²) in [4.78, 5) is 18.3. The number of hydrogen-bond donors (Lipinski definition) is 1. The summed E-state index contributed by atoms with van der Waals surface area (Å²) in [7, 11) is 1.74. The fraction of sp³-hybridized carbons (Fsp3) is 0.412. The first-order valence-electron chi connectivity index (χ1n) is 7.72. The van der Waals surface area contributed by atoms with Crippen molar-refractivity contribution in [1.29, 1.82) is 0 Å². The lowest BCUT2D eigenvalue weighted by molar-refractivity contribution is 0.195. The molecular weight excluding hydrogens is 313 g/mol. The SMILES string of the molecule is C[C@@H]1CCc2c(F)cccc2[C@H]1NC(=O)N(C)Cc1cscn1. The summed E-state index contributed by atoms with van der Waals surface area (Å²) in [6, 6.07) is 4.80. The van der Waals surface area contributed by atoms with Crippen molar-refractivity contribution in [2.24, 2.45) is 5.92 Å². The molecular formula is C17H20FN3OS. The zero-order chi connectivity index (χ0) is 16.4. The van der Waals surface area contributed by atoms with E-state index in [1.807, 2.05) is 11.4 Å². The average molecular weight is 333 g/mol. The molecule has 1 heterocycles. The summed E-state index contributed by atoms with van der Waals surface area (Å²) in [5.41, 5.74) is 4.26. The third-order valence-electron chi connectivity index (χ3n) is 4.42. The fourth-order valence-electron chi connectivity index (χ4n) is 3.07. The molecule has 6 heteroatoms. The van der Waals surface area contributed by atoms with Crippen LogP contribution in [0.5, 0.6) is 0 Å². The Labute approximate surface area is 139 Å². The number of amides is 2. The first kappa shape index (κ1) is 15.9. The third-order valence-corrected chi connectivity index (χ3v) is 5.05. The Morgan fingerprint density at radius 1 is 1.52 bits per heavy atom. The molecule has 0 radical (unpaired) electrons. The number of carbonyl (C=O) groups excluding carboxylic acids is 1. The largest absolute Gasteiger partial charge is 0.331 e. The van der Waals surface area contributed by atoms with Crippen molar-refractivity contribution in [1.82, 2.24) is 15.2 Å². The maximum Gasteiger partial charge on any atom is 0.317 e. The van der Waals surface area contributed by atoms with E-state index < -0.39 is 0 Å². The van der Waals surface area contributed by atoms with E-state index in [9.17, 15) is 9.18 Å². The number of aromatic nitrogens is 1. The highest BCUT2D eigenvalue weighted by Crippen LogP contribution is 2.35. The molecule has 0 saturated heterocycles. The summed E-state index contributed by atoms with van der Waals surface area (Å²) in [5, 5.41) is 4.99. The molecule has 3 rings (SSSR count). The fourth-order valence-corrected chi connectivity index (χ4v) is 3.62. The quantitative estimate of drug-likeness (QED) is 0.930. The number of urea groups is 1. The molecule has 1 aromatic heterocycles. The van der Waals surface area contributed by atoms with Crippen LogP contribution in [-0.2, 0) is 13.0 Å². The highest BCUT2D eigenvalue weighted by Gasteiger charge is 2.30. The van der Waals surface area contributed by atoms with Crippen LogP contribution in [0.3, 0.4) is 0 Å². The predicted molar refractivity (Wildman–Crippen MR) is 88.7 cm³/mol. The second-order valence-corrected chi connectivity index (χ2v) is 6.81. The van der Waals surface area contributed by atoms with Crippen LogP contribution in [0.4, 0.5) is 9.18 Å². The molecule has 0 aliphatic heterocycles. The van der Waals surface area contributed by atoms with Gasteiger partial charge in [-0.2, -0.15) is 0 Å². The van der Waals surface area contributed by atoms with Gasteiger partial charge in [0.1, 0.15) is 5.82 Å². The van der Waals surface area contributed by atoms with E-state index in [0.29, 0.717) is 6.54 Å². The van der Waals surface area contributed by atoms with Crippen LogP contribution in [0.2, 0.25) is 0 Å². The average Bonchev–Trinajstić information content (AvgIpc) is 3.03. The summed E-state index contributed by atoms with van der Waals surface area (Å²) < 4.78 is 14.0. The van der Waals surface area contributed by atoms with Crippen molar-refractivity contribution < 1.29 is 9.18 Å². The van der Waals surface area contributed by atoms with Gasteiger partial charge in [-0.05, 0) is 36.0 Å².